The van der Waals surface area contributed by atoms with E-state index in [2.05, 4.69) is 30.6 Å². The van der Waals surface area contributed by atoms with Crippen molar-refractivity contribution in [2.24, 2.45) is 0 Å². The number of hydrogen-bond acceptors (Lipinski definition) is 10. The Labute approximate surface area is 217 Å². The van der Waals surface area contributed by atoms with Crippen LogP contribution in [0.4, 0.5) is 17.5 Å². The van der Waals surface area contributed by atoms with Crippen molar-refractivity contribution in [1.82, 2.24) is 19.9 Å². The number of nitrogens with one attached hydrogen (secondary N) is 2. The van der Waals surface area contributed by atoms with Gasteiger partial charge in [0, 0.05) is 48.2 Å². The fourth-order valence-electron chi connectivity index (χ4n) is 3.83. The average Bonchev–Trinajstić information content (AvgIpc) is 3.31. The van der Waals surface area contributed by atoms with Gasteiger partial charge in [0.2, 0.25) is 11.8 Å². The van der Waals surface area contributed by atoms with Crippen LogP contribution in [0.3, 0.4) is 0 Å². The van der Waals surface area contributed by atoms with Crippen molar-refractivity contribution >= 4 is 50.9 Å². The number of halogens is 1. The van der Waals surface area contributed by atoms with Crippen molar-refractivity contribution in [3.05, 3.63) is 54.9 Å². The second-order valence-corrected chi connectivity index (χ2v) is 8.61. The maximum Gasteiger partial charge on any atom is 0.229 e. The van der Waals surface area contributed by atoms with Gasteiger partial charge in [-0.05, 0) is 31.2 Å². The summed E-state index contributed by atoms with van der Waals surface area (Å²) in [6.07, 6.45) is 3.24. The summed E-state index contributed by atoms with van der Waals surface area (Å²) in [5.41, 5.74) is 1.80. The van der Waals surface area contributed by atoms with Gasteiger partial charge in [-0.15, -0.1) is 11.6 Å². The molecule has 0 fully saturated rings. The Kier molecular flexibility index (Phi) is 7.20. The number of alkyl halides is 1. The number of nitrogens with zero attached hydrogens (tertiary/aromatic N) is 4. The van der Waals surface area contributed by atoms with Crippen LogP contribution >= 0.6 is 11.6 Å². The Morgan fingerprint density at radius 2 is 1.95 bits per heavy atom. The highest BCUT2D eigenvalue weighted by atomic mass is 35.5. The zero-order valence-corrected chi connectivity index (χ0v) is 21.0. The summed E-state index contributed by atoms with van der Waals surface area (Å²) in [6.45, 7) is 2.79. The molecular weight excluding hydrogens is 496 g/mol. The fourth-order valence-corrected chi connectivity index (χ4v) is 3.94. The molecule has 1 aromatic carbocycles. The molecule has 5 rings (SSSR count). The predicted molar refractivity (Wildman–Crippen MR) is 143 cm³/mol. The van der Waals surface area contributed by atoms with Gasteiger partial charge in [-0.2, -0.15) is 4.98 Å². The molecule has 0 radical (unpaired) electrons. The summed E-state index contributed by atoms with van der Waals surface area (Å²) in [6, 6.07) is 12.1. The molecule has 10 nitrogen and oxygen atoms in total. The lowest BCUT2D eigenvalue weighted by atomic mass is 10.1. The van der Waals surface area contributed by atoms with E-state index < -0.39 is 0 Å². The van der Waals surface area contributed by atoms with Crippen molar-refractivity contribution in [3.8, 4) is 23.1 Å². The van der Waals surface area contributed by atoms with Crippen molar-refractivity contribution in [2.45, 2.75) is 13.0 Å². The number of fused-ring (bicyclic) bond motifs is 2. The van der Waals surface area contributed by atoms with Crippen LogP contribution in [0.1, 0.15) is 6.92 Å². The van der Waals surface area contributed by atoms with Gasteiger partial charge in [0.15, 0.2) is 5.58 Å². The number of phenolic OH excluding ortho intramolecular Hbond substituents is 1. The van der Waals surface area contributed by atoms with Crippen LogP contribution in [0.25, 0.3) is 33.3 Å². The van der Waals surface area contributed by atoms with E-state index in [1.165, 1.54) is 0 Å². The number of pyridine rings is 3. The molecule has 0 saturated heterocycles. The summed E-state index contributed by atoms with van der Waals surface area (Å²) in [7, 11) is 1.80. The minimum atomic E-state index is -0.182. The fraction of sp³-hybridized carbons (Fsp3) is 0.231. The first-order valence-electron chi connectivity index (χ1n) is 11.6. The van der Waals surface area contributed by atoms with Crippen LogP contribution < -0.4 is 15.4 Å². The van der Waals surface area contributed by atoms with Crippen LogP contribution in [0.2, 0.25) is 0 Å². The van der Waals surface area contributed by atoms with E-state index >= 15 is 0 Å². The standard InChI is InChI=1S/C26H25ClN6O4/c1-15(14-35-9-8-27)36-24-5-3-4-22(33-24)32-23-11-17-18(12-29-23)25(28-2)30-13-19(17)26-31-20-10-16(34)6-7-21(20)37-26/h3-7,10-13,15,34H,8-9,14H2,1-2H3,(H,28,30)(H,29,32,33). The van der Waals surface area contributed by atoms with Crippen LogP contribution in [0.5, 0.6) is 11.6 Å². The number of rotatable bonds is 10. The Morgan fingerprint density at radius 3 is 2.78 bits per heavy atom. The van der Waals surface area contributed by atoms with Crippen molar-refractivity contribution in [2.75, 3.05) is 36.8 Å². The minimum absolute atomic E-state index is 0.118. The monoisotopic (exact) mass is 520 g/mol. The van der Waals surface area contributed by atoms with Gasteiger partial charge in [-0.25, -0.2) is 15.0 Å². The maximum atomic E-state index is 9.80. The quantitative estimate of drug-likeness (QED) is 0.164. The number of hydrogen-bond donors (Lipinski definition) is 3. The predicted octanol–water partition coefficient (Wildman–Crippen LogP) is 5.35. The van der Waals surface area contributed by atoms with Gasteiger partial charge in [0.05, 0.1) is 18.8 Å². The number of anilines is 3. The number of benzene rings is 1. The maximum absolute atomic E-state index is 9.80. The molecule has 0 saturated carbocycles. The third kappa shape index (κ3) is 5.50. The van der Waals surface area contributed by atoms with Crippen molar-refractivity contribution in [3.63, 3.8) is 0 Å². The van der Waals surface area contributed by atoms with Gasteiger partial charge < -0.3 is 29.6 Å². The number of phenols is 1. The van der Waals surface area contributed by atoms with Gasteiger partial charge in [-0.3, -0.25) is 0 Å². The van der Waals surface area contributed by atoms with E-state index in [-0.39, 0.29) is 11.9 Å². The molecule has 0 bridgehead atoms. The smallest absolute Gasteiger partial charge is 0.229 e. The van der Waals surface area contributed by atoms with E-state index in [4.69, 9.17) is 25.5 Å². The van der Waals surface area contributed by atoms with Gasteiger partial charge in [0.1, 0.15) is 34.8 Å². The molecule has 0 spiro atoms. The van der Waals surface area contributed by atoms with E-state index in [9.17, 15) is 5.11 Å². The molecule has 0 aliphatic carbocycles. The summed E-state index contributed by atoms with van der Waals surface area (Å²) in [5, 5.41) is 17.7. The molecule has 37 heavy (non-hydrogen) atoms. The molecule has 0 amide bonds. The summed E-state index contributed by atoms with van der Waals surface area (Å²) in [5.74, 6) is 3.21. The van der Waals surface area contributed by atoms with Gasteiger partial charge >= 0.3 is 0 Å². The van der Waals surface area contributed by atoms with Gasteiger partial charge in [0.25, 0.3) is 0 Å². The highest BCUT2D eigenvalue weighted by molar-refractivity contribution is 6.17. The van der Waals surface area contributed by atoms with E-state index in [1.807, 2.05) is 25.1 Å². The third-order valence-corrected chi connectivity index (χ3v) is 5.64. The first-order chi connectivity index (χ1) is 18.0. The molecule has 5 aromatic rings. The lowest BCUT2D eigenvalue weighted by Crippen LogP contribution is -2.20. The Hall–Kier alpha value is -4.15. The Morgan fingerprint density at radius 1 is 1.05 bits per heavy atom. The number of oxazole rings is 1. The second kappa shape index (κ2) is 10.9. The van der Waals surface area contributed by atoms with E-state index in [0.717, 1.165) is 10.8 Å². The van der Waals surface area contributed by atoms with E-state index in [0.29, 0.717) is 65.0 Å². The Balaban J connectivity index is 1.45. The molecule has 3 N–H and O–H groups in total. The molecule has 1 atom stereocenters. The lowest BCUT2D eigenvalue weighted by Gasteiger charge is -2.15. The third-order valence-electron chi connectivity index (χ3n) is 5.49. The van der Waals surface area contributed by atoms with Crippen molar-refractivity contribution < 1.29 is 19.0 Å². The zero-order valence-electron chi connectivity index (χ0n) is 20.2. The molecule has 11 heteroatoms. The van der Waals surface area contributed by atoms with Crippen LogP contribution in [0, 0.1) is 0 Å². The topological polar surface area (TPSA) is 127 Å². The molecule has 4 aromatic heterocycles. The van der Waals surface area contributed by atoms with Gasteiger partial charge in [-0.1, -0.05) is 6.07 Å². The van der Waals surface area contributed by atoms with Crippen LogP contribution in [-0.4, -0.2) is 57.3 Å². The minimum Gasteiger partial charge on any atom is -0.508 e. The molecule has 0 aliphatic rings. The zero-order chi connectivity index (χ0) is 25.8. The van der Waals surface area contributed by atoms with Crippen LogP contribution in [-0.2, 0) is 4.74 Å². The number of ether oxygens (including phenoxy) is 2. The summed E-state index contributed by atoms with van der Waals surface area (Å²) < 4.78 is 17.3. The van der Waals surface area contributed by atoms with E-state index in [1.54, 1.807) is 43.7 Å². The molecule has 1 unspecified atom stereocenters. The highest BCUT2D eigenvalue weighted by Gasteiger charge is 2.16. The average molecular weight is 521 g/mol. The van der Waals surface area contributed by atoms with Crippen LogP contribution in [0.15, 0.2) is 59.3 Å². The normalized spacial score (nSPS) is 12.1. The molecule has 4 heterocycles. The lowest BCUT2D eigenvalue weighted by molar-refractivity contribution is 0.0644. The number of aromatic hydroxyl groups is 1. The largest absolute Gasteiger partial charge is 0.508 e. The number of aromatic nitrogens is 4. The first-order valence-corrected chi connectivity index (χ1v) is 12.2. The SMILES string of the molecule is CNc1ncc(-c2nc3cc(O)ccc3o2)c2cc(Nc3cccc(OC(C)COCCCl)n3)ncc12. The highest BCUT2D eigenvalue weighted by Crippen LogP contribution is 2.34. The molecular formula is C26H25ClN6O4. The molecule has 0 aliphatic heterocycles. The molecule has 190 valence electrons. The second-order valence-electron chi connectivity index (χ2n) is 8.24. The van der Waals surface area contributed by atoms with Crippen molar-refractivity contribution in [1.29, 1.82) is 0 Å². The summed E-state index contributed by atoms with van der Waals surface area (Å²) >= 11 is 5.65. The first kappa shape index (κ1) is 24.5. The summed E-state index contributed by atoms with van der Waals surface area (Å²) in [4.78, 5) is 18.1. The Bertz CT molecular complexity index is 1540.